The van der Waals surface area contributed by atoms with Gasteiger partial charge in [-0.25, -0.2) is 9.69 Å². The molecule has 0 saturated carbocycles. The minimum atomic E-state index is -1.57. The number of carbonyl (C=O) groups is 11. The third kappa shape index (κ3) is 15.1. The molecule has 0 aliphatic carbocycles. The highest BCUT2D eigenvalue weighted by atomic mass is 16.4. The number of hydrogen-bond donors (Lipinski definition) is 9. The van der Waals surface area contributed by atoms with E-state index >= 15 is 0 Å². The van der Waals surface area contributed by atoms with E-state index in [2.05, 4.69) is 43.8 Å². The van der Waals surface area contributed by atoms with Crippen LogP contribution in [0.25, 0.3) is 0 Å². The first-order chi connectivity index (χ1) is 26.2. The van der Waals surface area contributed by atoms with E-state index in [-0.39, 0.29) is 25.9 Å². The third-order valence-corrected chi connectivity index (χ3v) is 8.46. The number of urea groups is 1. The van der Waals surface area contributed by atoms with Crippen molar-refractivity contribution in [3.63, 3.8) is 0 Å². The first kappa shape index (κ1) is 48.1. The normalized spacial score (nSPS) is 16.2. The maximum absolute atomic E-state index is 13.9. The summed E-state index contributed by atoms with van der Waals surface area (Å²) in [6, 6.07) is -9.53. The van der Waals surface area contributed by atoms with Gasteiger partial charge < -0.3 is 47.4 Å². The average Bonchev–Trinajstić information content (AvgIpc) is 3.51. The van der Waals surface area contributed by atoms with Crippen LogP contribution in [0.2, 0.25) is 0 Å². The van der Waals surface area contributed by atoms with Crippen molar-refractivity contribution in [1.82, 2.24) is 42.1 Å². The number of hydrogen-bond acceptors (Lipinski definition) is 11. The molecule has 1 aliphatic heterocycles. The van der Waals surface area contributed by atoms with Gasteiger partial charge in [-0.1, -0.05) is 47.1 Å². The second-order valence-corrected chi connectivity index (χ2v) is 13.8. The second kappa shape index (κ2) is 23.1. The molecule has 0 bridgehead atoms. The molecule has 0 spiro atoms. The highest BCUT2D eigenvalue weighted by molar-refractivity contribution is 6.38. The lowest BCUT2D eigenvalue weighted by molar-refractivity contribution is -0.142. The summed E-state index contributed by atoms with van der Waals surface area (Å²) in [5.41, 5.74) is 0. The summed E-state index contributed by atoms with van der Waals surface area (Å²) in [4.78, 5) is 140. The summed E-state index contributed by atoms with van der Waals surface area (Å²) >= 11 is 0. The number of imide groups is 1. The topological polar surface area (TPSA) is 316 Å². The summed E-state index contributed by atoms with van der Waals surface area (Å²) in [6.07, 6.45) is -0.116. The number of carboxylic acids is 2. The van der Waals surface area contributed by atoms with Crippen molar-refractivity contribution >= 4 is 65.1 Å². The van der Waals surface area contributed by atoms with Gasteiger partial charge in [-0.3, -0.25) is 47.9 Å². The largest absolute Gasteiger partial charge is 0.481 e. The monoisotopic (exact) mass is 794 g/mol. The fraction of sp³-hybridized carbons (Fsp3) is 0.629. The molecule has 0 aromatic rings. The number of nitrogens with zero attached hydrogens (tertiary/aromatic N) is 1. The van der Waals surface area contributed by atoms with Crippen LogP contribution in [-0.2, 0) is 47.9 Å². The van der Waals surface area contributed by atoms with Gasteiger partial charge in [-0.2, -0.15) is 0 Å². The second-order valence-electron chi connectivity index (χ2n) is 13.8. The Labute approximate surface area is 323 Å². The number of Topliss-reactive ketones (excluding diaryl/α,β-unsaturated/α-hetero) is 1. The lowest BCUT2D eigenvalue weighted by Gasteiger charge is -2.31. The summed E-state index contributed by atoms with van der Waals surface area (Å²) in [5.74, 6) is -11.4. The number of rotatable bonds is 24. The molecule has 0 aromatic heterocycles. The highest BCUT2D eigenvalue weighted by Crippen LogP contribution is 2.16. The Morgan fingerprint density at radius 3 is 1.77 bits per heavy atom. The van der Waals surface area contributed by atoms with Crippen molar-refractivity contribution in [2.24, 2.45) is 11.8 Å². The van der Waals surface area contributed by atoms with Crippen molar-refractivity contribution < 1.29 is 63.0 Å². The van der Waals surface area contributed by atoms with E-state index in [0.29, 0.717) is 11.3 Å². The fourth-order valence-corrected chi connectivity index (χ4v) is 5.49. The van der Waals surface area contributed by atoms with Gasteiger partial charge in [0.25, 0.3) is 11.8 Å². The molecule has 1 fully saturated rings. The van der Waals surface area contributed by atoms with Gasteiger partial charge >= 0.3 is 18.0 Å². The van der Waals surface area contributed by atoms with E-state index < -0.39 is 132 Å². The predicted octanol–water partition coefficient (Wildman–Crippen LogP) is -1.94. The van der Waals surface area contributed by atoms with Crippen molar-refractivity contribution in [1.29, 1.82) is 0 Å². The molecule has 21 heteroatoms. The van der Waals surface area contributed by atoms with E-state index in [1.807, 2.05) is 0 Å². The first-order valence-corrected chi connectivity index (χ1v) is 18.1. The predicted molar refractivity (Wildman–Crippen MR) is 196 cm³/mol. The zero-order chi connectivity index (χ0) is 42.9. The Balaban J connectivity index is 3.29. The summed E-state index contributed by atoms with van der Waals surface area (Å²) in [6.45, 7) is 12.1. The van der Waals surface area contributed by atoms with E-state index in [1.54, 1.807) is 34.6 Å². The van der Waals surface area contributed by atoms with Crippen LogP contribution in [0.15, 0.2) is 12.7 Å². The Morgan fingerprint density at radius 1 is 0.768 bits per heavy atom. The Bertz CT molecular complexity index is 1530. The molecule has 0 aromatic carbocycles. The molecule has 1 unspecified atom stereocenters. The summed E-state index contributed by atoms with van der Waals surface area (Å²) < 4.78 is 0. The average molecular weight is 795 g/mol. The molecule has 9 amide bonds. The van der Waals surface area contributed by atoms with Gasteiger partial charge in [0.05, 0.1) is 6.04 Å². The van der Waals surface area contributed by atoms with Crippen LogP contribution in [0, 0.1) is 11.8 Å². The maximum atomic E-state index is 13.9. The molecular formula is C35H54N8O13. The van der Waals surface area contributed by atoms with Gasteiger partial charge in [-0.15, -0.1) is 6.58 Å². The van der Waals surface area contributed by atoms with Gasteiger partial charge in [0.2, 0.25) is 35.3 Å². The minimum Gasteiger partial charge on any atom is -0.481 e. The lowest BCUT2D eigenvalue weighted by atomic mass is 9.98. The van der Waals surface area contributed by atoms with Crippen LogP contribution in [0.5, 0.6) is 0 Å². The molecular weight excluding hydrogens is 740 g/mol. The van der Waals surface area contributed by atoms with E-state index in [4.69, 9.17) is 5.11 Å². The Hall–Kier alpha value is -5.89. The van der Waals surface area contributed by atoms with E-state index in [9.17, 15) is 57.8 Å². The summed E-state index contributed by atoms with van der Waals surface area (Å²) in [5, 5.41) is 35.0. The van der Waals surface area contributed by atoms with Crippen LogP contribution >= 0.6 is 0 Å². The molecule has 0 radical (unpaired) electrons. The molecule has 56 heavy (non-hydrogen) atoms. The van der Waals surface area contributed by atoms with E-state index in [1.165, 1.54) is 6.08 Å². The van der Waals surface area contributed by atoms with Crippen LogP contribution in [0.4, 0.5) is 4.79 Å². The molecule has 1 heterocycles. The Morgan fingerprint density at radius 2 is 1.29 bits per heavy atom. The molecule has 1 saturated heterocycles. The molecule has 21 nitrogen and oxygen atoms in total. The molecule has 1 rings (SSSR count). The van der Waals surface area contributed by atoms with Crippen molar-refractivity contribution in [2.45, 2.75) is 116 Å². The number of nitrogens with one attached hydrogen (secondary N) is 7. The first-order valence-electron chi connectivity index (χ1n) is 18.1. The number of amides is 9. The zero-order valence-corrected chi connectivity index (χ0v) is 32.4. The van der Waals surface area contributed by atoms with Crippen LogP contribution < -0.4 is 37.2 Å². The number of ketones is 1. The molecule has 9 N–H and O–H groups in total. The smallest absolute Gasteiger partial charge is 0.325 e. The number of carboxylic acid groups (broad SMARTS) is 2. The highest BCUT2D eigenvalue weighted by Gasteiger charge is 2.45. The molecule has 6 atom stereocenters. The molecule has 1 aliphatic rings. The molecule has 312 valence electrons. The van der Waals surface area contributed by atoms with Crippen LogP contribution in [-0.4, -0.2) is 130 Å². The fourth-order valence-electron chi connectivity index (χ4n) is 5.49. The van der Waals surface area contributed by atoms with Crippen molar-refractivity contribution in [3.8, 4) is 0 Å². The lowest BCUT2D eigenvalue weighted by Crippen LogP contribution is -2.62. The van der Waals surface area contributed by atoms with Gasteiger partial charge in [0.15, 0.2) is 0 Å². The maximum Gasteiger partial charge on any atom is 0.325 e. The quantitative estimate of drug-likeness (QED) is 0.0380. The van der Waals surface area contributed by atoms with Crippen LogP contribution in [0.1, 0.15) is 80.1 Å². The van der Waals surface area contributed by atoms with Crippen molar-refractivity contribution in [2.75, 3.05) is 13.1 Å². The van der Waals surface area contributed by atoms with Gasteiger partial charge in [0, 0.05) is 32.9 Å². The summed E-state index contributed by atoms with van der Waals surface area (Å²) in [7, 11) is 0. The van der Waals surface area contributed by atoms with Crippen molar-refractivity contribution in [3.05, 3.63) is 12.7 Å². The third-order valence-electron chi connectivity index (χ3n) is 8.46. The van der Waals surface area contributed by atoms with E-state index in [0.717, 1.165) is 6.92 Å². The van der Waals surface area contributed by atoms with Crippen LogP contribution in [0.3, 0.4) is 0 Å². The zero-order valence-electron chi connectivity index (χ0n) is 32.4. The minimum absolute atomic E-state index is 0.00273. The number of aliphatic carboxylic acids is 2. The SMILES string of the molecule is C=CCNC(=O)C(=O)C(CCC)NC(=O)[C@@H]1CNC(=O)N1C(=O)[C@@H](NC(=O)[C@@H](NC(=O)[C@H](CCC(=O)O)NC(=O)[C@H](CCC(=O)O)NC(C)=O)C(C)C)C(C)C. The Kier molecular flexibility index (Phi) is 19.9. The number of carbonyl (C=O) groups excluding carboxylic acids is 9. The van der Waals surface area contributed by atoms with Gasteiger partial charge in [-0.05, 0) is 31.1 Å². The van der Waals surface area contributed by atoms with Gasteiger partial charge in [0.1, 0.15) is 30.2 Å². The standard InChI is InChI=1S/C35H54N8O13/c1-8-10-20(28(49)33(54)36-15-9-2)39-31(52)23-16-37-35(56)43(23)34(55)27(18(5)6)42-32(53)26(17(3)4)41-30(51)22(12-14-25(47)48)40-29(50)21(38-19(7)44)11-13-24(45)46/h9,17-18,20-23,26-27H,2,8,10-16H2,1,3-7H3,(H,36,54)(H,37,56)(H,38,44)(H,39,52)(H,40,50)(H,41,51)(H,42,53)(H,45,46)(H,47,48)/t20?,21-,22-,23-,26-,27-/m0/s1.